The number of rotatable bonds is 9. The standard InChI is InChI=1S/C25H27F3N2O5/c1-24(2,11-21(31)32)14-30-22(33)20(25(26,27)28)12-29-23(34)35-13-19-17-9-5-3-7-15(17)16-8-4-6-10-18(16)19/h3-10,19-20H,11-14H2,1-2H3,(H,29,34)(H,30,33)(H,31,32). The van der Waals surface area contributed by atoms with Gasteiger partial charge in [-0.2, -0.15) is 13.2 Å². The second-order valence-electron chi connectivity index (χ2n) is 9.25. The minimum Gasteiger partial charge on any atom is -0.481 e. The molecule has 10 heteroatoms. The van der Waals surface area contributed by atoms with Gasteiger partial charge < -0.3 is 20.5 Å². The monoisotopic (exact) mass is 492 g/mol. The number of carboxylic acids is 1. The van der Waals surface area contributed by atoms with Gasteiger partial charge in [-0.3, -0.25) is 9.59 Å². The Kier molecular flexibility index (Phi) is 7.72. The van der Waals surface area contributed by atoms with Crippen molar-refractivity contribution >= 4 is 18.0 Å². The number of nitrogens with one attached hydrogen (secondary N) is 2. The molecule has 0 saturated carbocycles. The van der Waals surface area contributed by atoms with Crippen molar-refractivity contribution in [1.29, 1.82) is 0 Å². The summed E-state index contributed by atoms with van der Waals surface area (Å²) >= 11 is 0. The summed E-state index contributed by atoms with van der Waals surface area (Å²) in [7, 11) is 0. The van der Waals surface area contributed by atoms with Crippen LogP contribution in [0.15, 0.2) is 48.5 Å². The van der Waals surface area contributed by atoms with Crippen LogP contribution in [0.5, 0.6) is 0 Å². The van der Waals surface area contributed by atoms with Crippen LogP contribution in [0.4, 0.5) is 18.0 Å². The zero-order chi connectivity index (χ0) is 25.8. The molecule has 0 bridgehead atoms. The molecule has 3 N–H and O–H groups in total. The Morgan fingerprint density at radius 1 is 0.971 bits per heavy atom. The molecule has 7 nitrogen and oxygen atoms in total. The van der Waals surface area contributed by atoms with Crippen molar-refractivity contribution in [3.8, 4) is 11.1 Å². The predicted octanol–water partition coefficient (Wildman–Crippen LogP) is 4.32. The molecule has 1 aliphatic rings. The lowest BCUT2D eigenvalue weighted by molar-refractivity contribution is -0.181. The van der Waals surface area contributed by atoms with Crippen molar-refractivity contribution in [3.05, 3.63) is 59.7 Å². The maximum absolute atomic E-state index is 13.5. The van der Waals surface area contributed by atoms with Gasteiger partial charge in [-0.25, -0.2) is 4.79 Å². The first-order chi connectivity index (χ1) is 16.4. The van der Waals surface area contributed by atoms with Gasteiger partial charge in [-0.05, 0) is 27.7 Å². The number of hydrogen-bond donors (Lipinski definition) is 3. The summed E-state index contributed by atoms with van der Waals surface area (Å²) < 4.78 is 45.6. The van der Waals surface area contributed by atoms with Crippen LogP contribution in [0.25, 0.3) is 11.1 Å². The average molecular weight is 492 g/mol. The average Bonchev–Trinajstić information content (AvgIpc) is 3.08. The molecule has 2 aromatic rings. The molecule has 3 rings (SSSR count). The van der Waals surface area contributed by atoms with Crippen LogP contribution in [-0.4, -0.2) is 48.9 Å². The summed E-state index contributed by atoms with van der Waals surface area (Å²) in [6.45, 7) is 1.67. The Bertz CT molecular complexity index is 1060. The van der Waals surface area contributed by atoms with Gasteiger partial charge in [0.15, 0.2) is 5.92 Å². The molecular formula is C25H27F3N2O5. The number of carbonyl (C=O) groups is 3. The minimum absolute atomic E-state index is 0.0773. The number of benzene rings is 2. The number of carbonyl (C=O) groups excluding carboxylic acids is 2. The molecule has 0 spiro atoms. The first kappa shape index (κ1) is 26.1. The quantitative estimate of drug-likeness (QED) is 0.484. The van der Waals surface area contributed by atoms with E-state index in [9.17, 15) is 27.6 Å². The van der Waals surface area contributed by atoms with Crippen LogP contribution >= 0.6 is 0 Å². The van der Waals surface area contributed by atoms with Crippen molar-refractivity contribution in [2.75, 3.05) is 19.7 Å². The van der Waals surface area contributed by atoms with E-state index >= 15 is 0 Å². The van der Waals surface area contributed by atoms with Gasteiger partial charge in [0.2, 0.25) is 5.91 Å². The predicted molar refractivity (Wildman–Crippen MR) is 122 cm³/mol. The molecule has 0 aliphatic heterocycles. The van der Waals surface area contributed by atoms with Gasteiger partial charge >= 0.3 is 18.2 Å². The van der Waals surface area contributed by atoms with E-state index in [0.717, 1.165) is 22.3 Å². The summed E-state index contributed by atoms with van der Waals surface area (Å²) in [6, 6.07) is 15.3. The van der Waals surface area contributed by atoms with Crippen molar-refractivity contribution in [2.24, 2.45) is 11.3 Å². The number of ether oxygens (including phenoxy) is 1. The van der Waals surface area contributed by atoms with Gasteiger partial charge in [0.1, 0.15) is 6.61 Å². The topological polar surface area (TPSA) is 105 Å². The Morgan fingerprint density at radius 3 is 2.03 bits per heavy atom. The third-order valence-corrected chi connectivity index (χ3v) is 5.88. The molecule has 2 amide bonds. The Morgan fingerprint density at radius 2 is 1.51 bits per heavy atom. The zero-order valence-corrected chi connectivity index (χ0v) is 19.3. The van der Waals surface area contributed by atoms with E-state index in [4.69, 9.17) is 9.84 Å². The molecule has 0 fully saturated rings. The van der Waals surface area contributed by atoms with Crippen molar-refractivity contribution in [3.63, 3.8) is 0 Å². The minimum atomic E-state index is -4.92. The largest absolute Gasteiger partial charge is 0.481 e. The molecule has 0 aromatic heterocycles. The molecule has 0 radical (unpaired) electrons. The summed E-state index contributed by atoms with van der Waals surface area (Å²) in [5, 5.41) is 13.1. The highest BCUT2D eigenvalue weighted by atomic mass is 19.4. The Balaban J connectivity index is 1.58. The number of halogens is 3. The fraction of sp³-hybridized carbons (Fsp3) is 0.400. The lowest BCUT2D eigenvalue weighted by Gasteiger charge is -2.25. The van der Waals surface area contributed by atoms with Crippen LogP contribution in [0.1, 0.15) is 37.3 Å². The molecule has 0 saturated heterocycles. The molecule has 1 atom stereocenters. The maximum Gasteiger partial charge on any atom is 0.407 e. The van der Waals surface area contributed by atoms with Crippen molar-refractivity contribution in [2.45, 2.75) is 32.4 Å². The Labute approximate surface area is 200 Å². The van der Waals surface area contributed by atoms with E-state index < -0.39 is 42.0 Å². The maximum atomic E-state index is 13.5. The van der Waals surface area contributed by atoms with Crippen LogP contribution in [0.2, 0.25) is 0 Å². The van der Waals surface area contributed by atoms with E-state index in [-0.39, 0.29) is 25.5 Å². The number of alkyl carbamates (subject to hydrolysis) is 1. The molecule has 0 heterocycles. The summed E-state index contributed by atoms with van der Waals surface area (Å²) in [5.41, 5.74) is 2.99. The fourth-order valence-electron chi connectivity index (χ4n) is 4.11. The van der Waals surface area contributed by atoms with Crippen LogP contribution in [0.3, 0.4) is 0 Å². The third-order valence-electron chi connectivity index (χ3n) is 5.88. The summed E-state index contributed by atoms with van der Waals surface area (Å²) in [5.74, 6) is -5.25. The summed E-state index contributed by atoms with van der Waals surface area (Å²) in [6.07, 6.45) is -6.32. The number of hydrogen-bond acceptors (Lipinski definition) is 4. The number of carboxylic acid groups (broad SMARTS) is 1. The second-order valence-corrected chi connectivity index (χ2v) is 9.25. The smallest absolute Gasteiger partial charge is 0.407 e. The number of aliphatic carboxylic acids is 1. The molecule has 1 unspecified atom stereocenters. The van der Waals surface area contributed by atoms with E-state index in [2.05, 4.69) is 5.32 Å². The third kappa shape index (κ3) is 6.52. The lowest BCUT2D eigenvalue weighted by atomic mass is 9.89. The van der Waals surface area contributed by atoms with Gasteiger partial charge in [-0.1, -0.05) is 62.4 Å². The highest BCUT2D eigenvalue weighted by molar-refractivity contribution is 5.81. The summed E-state index contributed by atoms with van der Waals surface area (Å²) in [4.78, 5) is 35.3. The van der Waals surface area contributed by atoms with E-state index in [0.29, 0.717) is 0 Å². The number of alkyl halides is 3. The van der Waals surface area contributed by atoms with Crippen LogP contribution < -0.4 is 10.6 Å². The molecule has 35 heavy (non-hydrogen) atoms. The van der Waals surface area contributed by atoms with E-state index in [1.165, 1.54) is 13.8 Å². The number of amides is 2. The molecule has 188 valence electrons. The first-order valence-electron chi connectivity index (χ1n) is 11.0. The first-order valence-corrected chi connectivity index (χ1v) is 11.0. The normalized spacial score (nSPS) is 14.0. The van der Waals surface area contributed by atoms with Crippen LogP contribution in [0, 0.1) is 11.3 Å². The van der Waals surface area contributed by atoms with Crippen molar-refractivity contribution in [1.82, 2.24) is 10.6 Å². The van der Waals surface area contributed by atoms with E-state index in [1.807, 2.05) is 53.8 Å². The SMILES string of the molecule is CC(C)(CNC(=O)C(CNC(=O)OCC1c2ccccc2-c2ccccc21)C(F)(F)F)CC(=O)O. The number of fused-ring (bicyclic) bond motifs is 3. The van der Waals surface area contributed by atoms with Gasteiger partial charge in [-0.15, -0.1) is 0 Å². The van der Waals surface area contributed by atoms with Crippen molar-refractivity contribution < 1.29 is 37.4 Å². The Hall–Kier alpha value is -3.56. The highest BCUT2D eigenvalue weighted by Gasteiger charge is 2.45. The zero-order valence-electron chi connectivity index (χ0n) is 19.3. The van der Waals surface area contributed by atoms with Gasteiger partial charge in [0, 0.05) is 19.0 Å². The van der Waals surface area contributed by atoms with E-state index in [1.54, 1.807) is 0 Å². The van der Waals surface area contributed by atoms with Gasteiger partial charge in [0.25, 0.3) is 0 Å². The molecule has 1 aliphatic carbocycles. The fourth-order valence-corrected chi connectivity index (χ4v) is 4.11. The molecular weight excluding hydrogens is 465 g/mol. The highest BCUT2D eigenvalue weighted by Crippen LogP contribution is 2.44. The second kappa shape index (κ2) is 10.4. The lowest BCUT2D eigenvalue weighted by Crippen LogP contribution is -2.48. The van der Waals surface area contributed by atoms with Crippen LogP contribution in [-0.2, 0) is 14.3 Å². The molecule has 2 aromatic carbocycles. The van der Waals surface area contributed by atoms with Gasteiger partial charge in [0.05, 0.1) is 6.42 Å².